The standard InChI is InChI=1S/C28H31N3O4.ClH/c1-18(20-7-8-20)30(16-19-5-3-2-4-6-19)25(32)17-31-26(33)28(35-27(31)34)12-11-22-13-21(9-10-24(22)28)23-14-29-15-23;/h2-6,9-10,13,18,20,23,29H,7-8,11-12,14-17H2,1H3;1H/t18-,28+;/m0./s1. The lowest BCUT2D eigenvalue weighted by molar-refractivity contribution is -0.143. The topological polar surface area (TPSA) is 79.0 Å². The average molecular weight is 510 g/mol. The Balaban J connectivity index is 0.00000267. The Morgan fingerprint density at radius 3 is 2.58 bits per heavy atom. The summed E-state index contributed by atoms with van der Waals surface area (Å²) in [6.45, 7) is 4.16. The third-order valence-corrected chi connectivity index (χ3v) is 8.24. The van der Waals surface area contributed by atoms with Crippen molar-refractivity contribution in [3.63, 3.8) is 0 Å². The van der Waals surface area contributed by atoms with Crippen LogP contribution in [-0.4, -0.2) is 53.4 Å². The summed E-state index contributed by atoms with van der Waals surface area (Å²) in [6, 6.07) is 16.0. The van der Waals surface area contributed by atoms with E-state index in [1.165, 1.54) is 5.56 Å². The zero-order chi connectivity index (χ0) is 24.2. The van der Waals surface area contributed by atoms with Gasteiger partial charge in [-0.3, -0.25) is 9.59 Å². The highest BCUT2D eigenvalue weighted by Gasteiger charge is 2.58. The van der Waals surface area contributed by atoms with Crippen LogP contribution in [0.5, 0.6) is 0 Å². The number of fused-ring (bicyclic) bond motifs is 2. The molecule has 36 heavy (non-hydrogen) atoms. The molecule has 2 aromatic rings. The molecule has 1 spiro atoms. The van der Waals surface area contributed by atoms with Crippen molar-refractivity contribution in [2.24, 2.45) is 5.92 Å². The minimum Gasteiger partial charge on any atom is -0.427 e. The van der Waals surface area contributed by atoms with Crippen molar-refractivity contribution in [2.75, 3.05) is 19.6 Å². The van der Waals surface area contributed by atoms with E-state index in [1.807, 2.05) is 47.4 Å². The number of ether oxygens (including phenoxy) is 1. The summed E-state index contributed by atoms with van der Waals surface area (Å²) in [5, 5.41) is 3.29. The van der Waals surface area contributed by atoms with Crippen LogP contribution in [0.3, 0.4) is 0 Å². The Bertz CT molecular complexity index is 1180. The lowest BCUT2D eigenvalue weighted by Gasteiger charge is -2.30. The number of carbonyl (C=O) groups excluding carboxylic acids is 3. The van der Waals surface area contributed by atoms with Crippen molar-refractivity contribution in [3.05, 3.63) is 70.8 Å². The Labute approximate surface area is 217 Å². The quantitative estimate of drug-likeness (QED) is 0.615. The van der Waals surface area contributed by atoms with Crippen molar-refractivity contribution in [3.8, 4) is 0 Å². The first kappa shape index (κ1) is 24.8. The Kier molecular flexibility index (Phi) is 6.55. The van der Waals surface area contributed by atoms with Gasteiger partial charge in [-0.15, -0.1) is 12.4 Å². The van der Waals surface area contributed by atoms with Crippen LogP contribution in [0.1, 0.15) is 54.4 Å². The summed E-state index contributed by atoms with van der Waals surface area (Å²) >= 11 is 0. The molecular weight excluding hydrogens is 478 g/mol. The van der Waals surface area contributed by atoms with E-state index in [-0.39, 0.29) is 30.9 Å². The summed E-state index contributed by atoms with van der Waals surface area (Å²) in [7, 11) is 0. The van der Waals surface area contributed by atoms with Crippen LogP contribution in [0.25, 0.3) is 0 Å². The van der Waals surface area contributed by atoms with Gasteiger partial charge in [0.15, 0.2) is 0 Å². The molecule has 2 heterocycles. The molecule has 1 saturated carbocycles. The number of hydrogen-bond acceptors (Lipinski definition) is 5. The van der Waals surface area contributed by atoms with Gasteiger partial charge in [-0.1, -0.05) is 48.5 Å². The molecule has 2 aliphatic heterocycles. The molecule has 2 aliphatic carbocycles. The monoisotopic (exact) mass is 509 g/mol. The molecular formula is C28H32ClN3O4. The summed E-state index contributed by atoms with van der Waals surface area (Å²) in [4.78, 5) is 42.9. The number of rotatable bonds is 7. The first-order chi connectivity index (χ1) is 17.0. The number of hydrogen-bond donors (Lipinski definition) is 1. The van der Waals surface area contributed by atoms with Gasteiger partial charge in [0.1, 0.15) is 6.54 Å². The van der Waals surface area contributed by atoms with Crippen molar-refractivity contribution in [2.45, 2.75) is 56.7 Å². The molecule has 190 valence electrons. The summed E-state index contributed by atoms with van der Waals surface area (Å²) in [6.07, 6.45) is 2.59. The number of benzene rings is 2. The van der Waals surface area contributed by atoms with E-state index in [0.29, 0.717) is 31.2 Å². The number of nitrogens with zero attached hydrogens (tertiary/aromatic N) is 2. The van der Waals surface area contributed by atoms with Gasteiger partial charge < -0.3 is 15.0 Å². The van der Waals surface area contributed by atoms with Crippen LogP contribution in [0.2, 0.25) is 0 Å². The number of carbonyl (C=O) groups is 3. The van der Waals surface area contributed by atoms with E-state index in [1.54, 1.807) is 0 Å². The summed E-state index contributed by atoms with van der Waals surface area (Å²) < 4.78 is 5.78. The van der Waals surface area contributed by atoms with E-state index in [0.717, 1.165) is 47.5 Å². The van der Waals surface area contributed by atoms with E-state index in [9.17, 15) is 14.4 Å². The number of imide groups is 1. The molecule has 1 N–H and O–H groups in total. The van der Waals surface area contributed by atoms with Gasteiger partial charge in [0.25, 0.3) is 5.91 Å². The van der Waals surface area contributed by atoms with Crippen LogP contribution >= 0.6 is 12.4 Å². The average Bonchev–Trinajstić information content (AvgIpc) is 3.58. The third-order valence-electron chi connectivity index (χ3n) is 8.24. The molecule has 7 nitrogen and oxygen atoms in total. The highest BCUT2D eigenvalue weighted by molar-refractivity contribution is 6.06. The van der Waals surface area contributed by atoms with Gasteiger partial charge in [0, 0.05) is 43.6 Å². The maximum atomic E-state index is 13.6. The second-order valence-electron chi connectivity index (χ2n) is 10.4. The number of halogens is 1. The van der Waals surface area contributed by atoms with E-state index >= 15 is 0 Å². The fourth-order valence-electron chi connectivity index (χ4n) is 5.75. The molecule has 2 atom stereocenters. The highest BCUT2D eigenvalue weighted by atomic mass is 35.5. The maximum absolute atomic E-state index is 13.6. The van der Waals surface area contributed by atoms with E-state index in [4.69, 9.17) is 4.74 Å². The van der Waals surface area contributed by atoms with Crippen molar-refractivity contribution in [1.29, 1.82) is 0 Å². The van der Waals surface area contributed by atoms with Crippen molar-refractivity contribution >= 4 is 30.3 Å². The molecule has 0 bridgehead atoms. The summed E-state index contributed by atoms with van der Waals surface area (Å²) in [5.41, 5.74) is 2.83. The number of amides is 3. The third kappa shape index (κ3) is 4.18. The SMILES string of the molecule is C[C@@H](C1CC1)N(Cc1ccccc1)C(=O)CN1C(=O)O[C@@]2(CCc3cc(C4CNC4)ccc32)C1=O.Cl. The molecule has 3 amide bonds. The lowest BCUT2D eigenvalue weighted by atomic mass is 9.89. The lowest BCUT2D eigenvalue weighted by Crippen LogP contribution is -2.47. The normalized spacial score (nSPS) is 23.6. The molecule has 3 fully saturated rings. The Morgan fingerprint density at radius 1 is 1.17 bits per heavy atom. The predicted octanol–water partition coefficient (Wildman–Crippen LogP) is 3.74. The van der Waals surface area contributed by atoms with Gasteiger partial charge in [-0.05, 0) is 48.8 Å². The smallest absolute Gasteiger partial charge is 0.418 e. The van der Waals surface area contributed by atoms with E-state index in [2.05, 4.69) is 18.3 Å². The summed E-state index contributed by atoms with van der Waals surface area (Å²) in [5.74, 6) is 0.335. The fraction of sp³-hybridized carbons (Fsp3) is 0.464. The van der Waals surface area contributed by atoms with Gasteiger partial charge in [-0.25, -0.2) is 9.69 Å². The molecule has 0 unspecified atom stereocenters. The van der Waals surface area contributed by atoms with Gasteiger partial charge in [-0.2, -0.15) is 0 Å². The first-order valence-corrected chi connectivity index (χ1v) is 12.7. The zero-order valence-corrected chi connectivity index (χ0v) is 21.3. The van der Waals surface area contributed by atoms with Gasteiger partial charge in [0.05, 0.1) is 0 Å². The molecule has 2 aromatic carbocycles. The number of nitrogens with one attached hydrogen (secondary N) is 1. The van der Waals surface area contributed by atoms with Crippen LogP contribution in [0, 0.1) is 5.92 Å². The van der Waals surface area contributed by atoms with Gasteiger partial charge >= 0.3 is 6.09 Å². The number of aryl methyl sites for hydroxylation is 1. The Hall–Kier alpha value is -2.90. The highest BCUT2D eigenvalue weighted by Crippen LogP contribution is 2.46. The minimum absolute atomic E-state index is 0. The van der Waals surface area contributed by atoms with Crippen molar-refractivity contribution in [1.82, 2.24) is 15.1 Å². The Morgan fingerprint density at radius 2 is 1.92 bits per heavy atom. The predicted molar refractivity (Wildman–Crippen MR) is 137 cm³/mol. The molecule has 0 aromatic heterocycles. The van der Waals surface area contributed by atoms with Crippen LogP contribution in [0.4, 0.5) is 4.79 Å². The van der Waals surface area contributed by atoms with Crippen LogP contribution in [-0.2, 0) is 32.9 Å². The molecule has 6 rings (SSSR count). The maximum Gasteiger partial charge on any atom is 0.418 e. The molecule has 4 aliphatic rings. The fourth-order valence-corrected chi connectivity index (χ4v) is 5.75. The zero-order valence-electron chi connectivity index (χ0n) is 20.4. The second-order valence-corrected chi connectivity index (χ2v) is 10.4. The molecule has 2 saturated heterocycles. The molecule has 0 radical (unpaired) electrons. The van der Waals surface area contributed by atoms with Crippen LogP contribution in [0.15, 0.2) is 48.5 Å². The van der Waals surface area contributed by atoms with E-state index < -0.39 is 17.6 Å². The molecule has 8 heteroatoms. The first-order valence-electron chi connectivity index (χ1n) is 12.7. The van der Waals surface area contributed by atoms with Crippen molar-refractivity contribution < 1.29 is 19.1 Å². The largest absolute Gasteiger partial charge is 0.427 e. The van der Waals surface area contributed by atoms with Crippen LogP contribution < -0.4 is 5.32 Å². The second kappa shape index (κ2) is 9.52. The minimum atomic E-state index is -1.30. The van der Waals surface area contributed by atoms with Gasteiger partial charge in [0.2, 0.25) is 11.5 Å².